The summed E-state index contributed by atoms with van der Waals surface area (Å²) in [5.74, 6) is 0.895. The highest BCUT2D eigenvalue weighted by Gasteiger charge is 2.34. The first-order valence-corrected chi connectivity index (χ1v) is 10.5. The van der Waals surface area contributed by atoms with Crippen molar-refractivity contribution in [2.24, 2.45) is 4.99 Å². The van der Waals surface area contributed by atoms with Crippen molar-refractivity contribution >= 4 is 29.9 Å². The van der Waals surface area contributed by atoms with Crippen LogP contribution in [0.25, 0.3) is 0 Å². The van der Waals surface area contributed by atoms with Crippen molar-refractivity contribution in [3.05, 3.63) is 35.9 Å². The van der Waals surface area contributed by atoms with Crippen molar-refractivity contribution in [3.63, 3.8) is 0 Å². The van der Waals surface area contributed by atoms with Gasteiger partial charge in [0.05, 0.1) is 0 Å². The molecule has 0 spiro atoms. The zero-order valence-electron chi connectivity index (χ0n) is 17.8. The lowest BCUT2D eigenvalue weighted by atomic mass is 9.88. The van der Waals surface area contributed by atoms with Crippen LogP contribution in [0.2, 0.25) is 0 Å². The molecule has 1 unspecified atom stereocenters. The lowest BCUT2D eigenvalue weighted by Gasteiger charge is -2.41. The number of rotatable bonds is 10. The van der Waals surface area contributed by atoms with Gasteiger partial charge in [0.1, 0.15) is 0 Å². The zero-order chi connectivity index (χ0) is 19.4. The molecule has 0 radical (unpaired) electrons. The third-order valence-electron chi connectivity index (χ3n) is 5.41. The lowest BCUT2D eigenvalue weighted by molar-refractivity contribution is 0.0355. The van der Waals surface area contributed by atoms with Gasteiger partial charge in [0, 0.05) is 44.9 Å². The second-order valence-electron chi connectivity index (χ2n) is 7.58. The number of halogens is 1. The molecule has 0 aliphatic carbocycles. The van der Waals surface area contributed by atoms with Crippen LogP contribution in [-0.2, 0) is 4.74 Å². The van der Waals surface area contributed by atoms with Crippen molar-refractivity contribution < 1.29 is 4.74 Å². The van der Waals surface area contributed by atoms with Crippen molar-refractivity contribution in [3.8, 4) is 0 Å². The molecule has 1 aliphatic rings. The van der Waals surface area contributed by atoms with Crippen molar-refractivity contribution in [1.29, 1.82) is 0 Å². The number of nitrogens with one attached hydrogen (secondary N) is 3. The number of ether oxygens (including phenoxy) is 1. The number of hydrogen-bond donors (Lipinski definition) is 3. The van der Waals surface area contributed by atoms with Gasteiger partial charge in [-0.3, -0.25) is 4.99 Å². The van der Waals surface area contributed by atoms with E-state index in [9.17, 15) is 0 Å². The Morgan fingerprint density at radius 1 is 1.11 bits per heavy atom. The van der Waals surface area contributed by atoms with E-state index in [1.165, 1.54) is 31.2 Å². The lowest BCUT2D eigenvalue weighted by Crippen LogP contribution is -2.58. The van der Waals surface area contributed by atoms with E-state index < -0.39 is 0 Å². The molecule has 1 aliphatic heterocycles. The first-order chi connectivity index (χ1) is 13.2. The standard InChI is InChI=1S/C22H38N4O.HI/c1-4-5-6-10-15-24-21(23-3)25-18-22(13-16-27-17-14-22)26-19(2)20-11-8-7-9-12-20;/h7-9,11-12,19,26H,4-6,10,13-18H2,1-3H3,(H2,23,24,25);1H. The third kappa shape index (κ3) is 8.66. The van der Waals surface area contributed by atoms with E-state index in [0.29, 0.717) is 6.04 Å². The summed E-state index contributed by atoms with van der Waals surface area (Å²) in [6.45, 7) is 7.92. The smallest absolute Gasteiger partial charge is 0.191 e. The van der Waals surface area contributed by atoms with E-state index in [2.05, 4.69) is 65.1 Å². The van der Waals surface area contributed by atoms with Gasteiger partial charge >= 0.3 is 0 Å². The molecule has 1 heterocycles. The molecule has 1 saturated heterocycles. The molecular formula is C22H39IN4O. The highest BCUT2D eigenvalue weighted by atomic mass is 127. The highest BCUT2D eigenvalue weighted by Crippen LogP contribution is 2.25. The summed E-state index contributed by atoms with van der Waals surface area (Å²) in [4.78, 5) is 4.39. The maximum atomic E-state index is 5.63. The van der Waals surface area contributed by atoms with E-state index in [1.807, 2.05) is 7.05 Å². The van der Waals surface area contributed by atoms with Crippen LogP contribution in [-0.4, -0.2) is 44.8 Å². The maximum absolute atomic E-state index is 5.63. The fraction of sp³-hybridized carbons (Fsp3) is 0.682. The van der Waals surface area contributed by atoms with Gasteiger partial charge in [-0.25, -0.2) is 0 Å². The van der Waals surface area contributed by atoms with E-state index in [4.69, 9.17) is 4.74 Å². The first-order valence-electron chi connectivity index (χ1n) is 10.5. The Hall–Kier alpha value is -0.860. The van der Waals surface area contributed by atoms with Crippen LogP contribution >= 0.6 is 24.0 Å². The second-order valence-corrected chi connectivity index (χ2v) is 7.58. The largest absolute Gasteiger partial charge is 0.381 e. The first kappa shape index (κ1) is 25.2. The van der Waals surface area contributed by atoms with Crippen LogP contribution in [0.4, 0.5) is 0 Å². The fourth-order valence-electron chi connectivity index (χ4n) is 3.65. The predicted molar refractivity (Wildman–Crippen MR) is 130 cm³/mol. The van der Waals surface area contributed by atoms with Crippen molar-refractivity contribution in [1.82, 2.24) is 16.0 Å². The summed E-state index contributed by atoms with van der Waals surface area (Å²) < 4.78 is 5.63. The van der Waals surface area contributed by atoms with Gasteiger partial charge in [0.25, 0.3) is 0 Å². The third-order valence-corrected chi connectivity index (χ3v) is 5.41. The monoisotopic (exact) mass is 502 g/mol. The van der Waals surface area contributed by atoms with Crippen LogP contribution in [0, 0.1) is 0 Å². The van der Waals surface area contributed by atoms with Gasteiger partial charge in [-0.15, -0.1) is 24.0 Å². The van der Waals surface area contributed by atoms with Crippen LogP contribution in [0.3, 0.4) is 0 Å². The number of aliphatic imine (C=N–C) groups is 1. The number of nitrogens with zero attached hydrogens (tertiary/aromatic N) is 1. The number of hydrogen-bond acceptors (Lipinski definition) is 3. The second kappa shape index (κ2) is 14.2. The van der Waals surface area contributed by atoms with Crippen LogP contribution in [0.1, 0.15) is 64.0 Å². The molecule has 2 rings (SSSR count). The molecular weight excluding hydrogens is 463 g/mol. The molecule has 1 aromatic carbocycles. The summed E-state index contributed by atoms with van der Waals surface area (Å²) in [7, 11) is 1.85. The van der Waals surface area contributed by atoms with E-state index in [1.54, 1.807) is 0 Å². The Balaban J connectivity index is 0.00000392. The minimum absolute atomic E-state index is 0. The quantitative estimate of drug-likeness (QED) is 0.194. The Morgan fingerprint density at radius 2 is 1.82 bits per heavy atom. The van der Waals surface area contributed by atoms with Crippen molar-refractivity contribution in [2.75, 3.05) is 33.4 Å². The molecule has 5 nitrogen and oxygen atoms in total. The fourth-order valence-corrected chi connectivity index (χ4v) is 3.65. The van der Waals surface area contributed by atoms with Crippen molar-refractivity contribution in [2.45, 2.75) is 64.0 Å². The molecule has 0 aromatic heterocycles. The average molecular weight is 502 g/mol. The molecule has 0 amide bonds. The molecule has 1 fully saturated rings. The topological polar surface area (TPSA) is 57.7 Å². The summed E-state index contributed by atoms with van der Waals surface area (Å²) in [5, 5.41) is 10.9. The summed E-state index contributed by atoms with van der Waals surface area (Å²) >= 11 is 0. The molecule has 6 heteroatoms. The minimum atomic E-state index is 0. The molecule has 1 atom stereocenters. The SMILES string of the molecule is CCCCCCNC(=NC)NCC1(NC(C)c2ccccc2)CCOCC1.I. The normalized spacial score (nSPS) is 17.5. The minimum Gasteiger partial charge on any atom is -0.381 e. The highest BCUT2D eigenvalue weighted by molar-refractivity contribution is 14.0. The molecule has 0 bridgehead atoms. The maximum Gasteiger partial charge on any atom is 0.191 e. The summed E-state index contributed by atoms with van der Waals surface area (Å²) in [6, 6.07) is 11.0. The molecule has 1 aromatic rings. The van der Waals surface area contributed by atoms with Crippen LogP contribution < -0.4 is 16.0 Å². The summed E-state index contributed by atoms with van der Waals surface area (Å²) in [5.41, 5.74) is 1.34. The number of guanidine groups is 1. The molecule has 0 saturated carbocycles. The van der Waals surface area contributed by atoms with Gasteiger partial charge in [0.15, 0.2) is 5.96 Å². The average Bonchev–Trinajstić information content (AvgIpc) is 2.71. The Morgan fingerprint density at radius 3 is 2.46 bits per heavy atom. The van der Waals surface area contributed by atoms with Gasteiger partial charge in [-0.2, -0.15) is 0 Å². The van der Waals surface area contributed by atoms with Crippen LogP contribution in [0.15, 0.2) is 35.3 Å². The van der Waals surface area contributed by atoms with Gasteiger partial charge in [-0.05, 0) is 31.7 Å². The number of unbranched alkanes of at least 4 members (excludes halogenated alkanes) is 3. The Bertz CT molecular complexity index is 547. The zero-order valence-corrected chi connectivity index (χ0v) is 20.1. The van der Waals surface area contributed by atoms with E-state index in [-0.39, 0.29) is 29.5 Å². The van der Waals surface area contributed by atoms with E-state index in [0.717, 1.165) is 45.1 Å². The van der Waals surface area contributed by atoms with Gasteiger partial charge in [-0.1, -0.05) is 56.5 Å². The van der Waals surface area contributed by atoms with Gasteiger partial charge < -0.3 is 20.7 Å². The Labute approximate surface area is 188 Å². The van der Waals surface area contributed by atoms with Crippen LogP contribution in [0.5, 0.6) is 0 Å². The summed E-state index contributed by atoms with van der Waals surface area (Å²) in [6.07, 6.45) is 7.05. The van der Waals surface area contributed by atoms with Gasteiger partial charge in [0.2, 0.25) is 0 Å². The molecule has 28 heavy (non-hydrogen) atoms. The Kier molecular flexibility index (Phi) is 12.7. The predicted octanol–water partition coefficient (Wildman–Crippen LogP) is 4.25. The number of benzene rings is 1. The van der Waals surface area contributed by atoms with E-state index >= 15 is 0 Å². The molecule has 160 valence electrons. The molecule has 3 N–H and O–H groups in total.